The van der Waals surface area contributed by atoms with Crippen LogP contribution in [0, 0.1) is 0 Å². The average Bonchev–Trinajstić information content (AvgIpc) is 3.34. The second-order valence-electron chi connectivity index (χ2n) is 22.9. The Morgan fingerprint density at radius 1 is 0.472 bits per heavy atom. The summed E-state index contributed by atoms with van der Waals surface area (Å²) < 4.78 is 30.3. The molecule has 0 bridgehead atoms. The Kier molecular flexibility index (Phi) is 52.2. The standard InChI is InChI=1S/C62H123N2O7P/c1-7-10-13-16-19-22-25-28-30-32-34-36-39-42-45-48-51-54-61(65)63-59(58-70-72(67,68)69-57-56-64(4,5)6)60(53-50-47-44-41-38-27-24-21-18-15-12-9-3)71-62(66)55-52-49-46-43-40-37-35-33-31-29-26-23-20-17-14-11-8-2/h50,53,59-60H,7-49,51-52,54-58H2,1-6H3,(H-,63,65,67,68)/b53-50+. The van der Waals surface area contributed by atoms with Gasteiger partial charge in [-0.1, -0.05) is 290 Å². The van der Waals surface area contributed by atoms with Crippen molar-refractivity contribution in [1.29, 1.82) is 0 Å². The van der Waals surface area contributed by atoms with E-state index in [4.69, 9.17) is 13.8 Å². The third kappa shape index (κ3) is 53.6. The van der Waals surface area contributed by atoms with Crippen LogP contribution >= 0.6 is 7.82 Å². The van der Waals surface area contributed by atoms with E-state index in [1.54, 1.807) is 0 Å². The first-order valence-electron chi connectivity index (χ1n) is 31.5. The molecule has 0 aliphatic rings. The fraction of sp³-hybridized carbons (Fsp3) is 0.935. The lowest BCUT2D eigenvalue weighted by molar-refractivity contribution is -0.870. The van der Waals surface area contributed by atoms with Gasteiger partial charge in [0.15, 0.2) is 0 Å². The molecule has 10 heteroatoms. The molecule has 1 amide bonds. The summed E-state index contributed by atoms with van der Waals surface area (Å²) >= 11 is 0. The smallest absolute Gasteiger partial charge is 0.306 e. The van der Waals surface area contributed by atoms with Gasteiger partial charge in [0.1, 0.15) is 19.3 Å². The fourth-order valence-corrected chi connectivity index (χ4v) is 10.3. The molecule has 72 heavy (non-hydrogen) atoms. The van der Waals surface area contributed by atoms with Crippen molar-refractivity contribution >= 4 is 19.7 Å². The number of ether oxygens (including phenoxy) is 1. The molecule has 0 fully saturated rings. The molecule has 0 aromatic carbocycles. The third-order valence-corrected chi connectivity index (χ3v) is 15.4. The number of allylic oxidation sites excluding steroid dienone is 1. The van der Waals surface area contributed by atoms with Crippen LogP contribution in [0.5, 0.6) is 0 Å². The summed E-state index contributed by atoms with van der Waals surface area (Å²) in [5, 5.41) is 3.04. The maximum Gasteiger partial charge on any atom is 0.306 e. The Hall–Kier alpha value is -1.25. The van der Waals surface area contributed by atoms with Crippen molar-refractivity contribution in [1.82, 2.24) is 5.32 Å². The van der Waals surface area contributed by atoms with Crippen molar-refractivity contribution in [2.75, 3.05) is 40.9 Å². The molecule has 0 saturated carbocycles. The van der Waals surface area contributed by atoms with Gasteiger partial charge in [0.25, 0.3) is 7.82 Å². The summed E-state index contributed by atoms with van der Waals surface area (Å²) in [7, 11) is 1.21. The summed E-state index contributed by atoms with van der Waals surface area (Å²) in [5.41, 5.74) is 0. The molecule has 0 aromatic heterocycles. The minimum Gasteiger partial charge on any atom is -0.756 e. The second-order valence-corrected chi connectivity index (χ2v) is 24.3. The van der Waals surface area contributed by atoms with Crippen molar-refractivity contribution < 1.29 is 37.3 Å². The highest BCUT2D eigenvalue weighted by molar-refractivity contribution is 7.45. The van der Waals surface area contributed by atoms with Crippen LogP contribution in [0.15, 0.2) is 12.2 Å². The lowest BCUT2D eigenvalue weighted by Gasteiger charge is -2.30. The van der Waals surface area contributed by atoms with Gasteiger partial charge in [0.2, 0.25) is 5.91 Å². The Balaban J connectivity index is 5.21. The number of carbonyl (C=O) groups is 2. The molecule has 3 unspecified atom stereocenters. The van der Waals surface area contributed by atoms with Gasteiger partial charge in [0.05, 0.1) is 33.8 Å². The van der Waals surface area contributed by atoms with E-state index in [0.29, 0.717) is 17.4 Å². The summed E-state index contributed by atoms with van der Waals surface area (Å²) in [4.78, 5) is 40.0. The second kappa shape index (κ2) is 53.2. The molecule has 0 rings (SSSR count). The predicted molar refractivity (Wildman–Crippen MR) is 307 cm³/mol. The van der Waals surface area contributed by atoms with Crippen LogP contribution in [0.2, 0.25) is 0 Å². The summed E-state index contributed by atoms with van der Waals surface area (Å²) in [5.74, 6) is -0.519. The molecule has 0 aliphatic heterocycles. The number of hydrogen-bond donors (Lipinski definition) is 1. The summed E-state index contributed by atoms with van der Waals surface area (Å²) in [6.07, 6.45) is 60.3. The highest BCUT2D eigenvalue weighted by Gasteiger charge is 2.27. The number of amides is 1. The van der Waals surface area contributed by atoms with E-state index in [0.717, 1.165) is 57.8 Å². The number of phosphoric ester groups is 1. The average molecular weight is 1040 g/mol. The highest BCUT2D eigenvalue weighted by Crippen LogP contribution is 2.38. The van der Waals surface area contributed by atoms with E-state index in [2.05, 4.69) is 26.1 Å². The number of phosphoric acid groups is 1. The molecule has 3 atom stereocenters. The zero-order chi connectivity index (χ0) is 52.9. The van der Waals surface area contributed by atoms with Crippen LogP contribution in [0.4, 0.5) is 0 Å². The van der Waals surface area contributed by atoms with Crippen LogP contribution in [0.25, 0.3) is 0 Å². The zero-order valence-corrected chi connectivity index (χ0v) is 49.8. The molecule has 0 spiro atoms. The van der Waals surface area contributed by atoms with Crippen LogP contribution in [-0.4, -0.2) is 69.4 Å². The van der Waals surface area contributed by atoms with Crippen molar-refractivity contribution in [3.05, 3.63) is 12.2 Å². The first kappa shape index (κ1) is 70.8. The van der Waals surface area contributed by atoms with Crippen molar-refractivity contribution in [2.24, 2.45) is 0 Å². The lowest BCUT2D eigenvalue weighted by Crippen LogP contribution is -2.47. The van der Waals surface area contributed by atoms with Gasteiger partial charge in [-0.05, 0) is 31.8 Å². The number of nitrogens with zero attached hydrogens (tertiary/aromatic N) is 1. The predicted octanol–water partition coefficient (Wildman–Crippen LogP) is 18.5. The van der Waals surface area contributed by atoms with Gasteiger partial charge in [-0.25, -0.2) is 0 Å². The van der Waals surface area contributed by atoms with E-state index < -0.39 is 20.0 Å². The number of esters is 1. The number of rotatable bonds is 58. The third-order valence-electron chi connectivity index (χ3n) is 14.5. The van der Waals surface area contributed by atoms with Crippen molar-refractivity contribution in [3.63, 3.8) is 0 Å². The molecule has 1 N–H and O–H groups in total. The first-order chi connectivity index (χ1) is 34.9. The Bertz CT molecular complexity index is 1240. The molecule has 428 valence electrons. The normalized spacial score (nSPS) is 13.7. The van der Waals surface area contributed by atoms with E-state index in [9.17, 15) is 19.0 Å². The van der Waals surface area contributed by atoms with E-state index in [-0.39, 0.29) is 31.5 Å². The van der Waals surface area contributed by atoms with Gasteiger partial charge in [-0.2, -0.15) is 0 Å². The van der Waals surface area contributed by atoms with Crippen LogP contribution in [-0.2, 0) is 27.9 Å². The number of carbonyl (C=O) groups excluding carboxylic acids is 2. The number of quaternary nitrogens is 1. The molecule has 9 nitrogen and oxygen atoms in total. The van der Waals surface area contributed by atoms with Gasteiger partial charge in [-0.15, -0.1) is 0 Å². The van der Waals surface area contributed by atoms with Crippen molar-refractivity contribution in [2.45, 2.75) is 335 Å². The van der Waals surface area contributed by atoms with Gasteiger partial charge < -0.3 is 28.5 Å². The van der Waals surface area contributed by atoms with E-state index in [1.807, 2.05) is 33.3 Å². The Morgan fingerprint density at radius 3 is 1.14 bits per heavy atom. The van der Waals surface area contributed by atoms with Gasteiger partial charge in [-0.3, -0.25) is 14.2 Å². The molecule has 0 aromatic rings. The number of likely N-dealkylation sites (N-methyl/N-ethyl adjacent to an activating group) is 1. The van der Waals surface area contributed by atoms with Gasteiger partial charge >= 0.3 is 5.97 Å². The first-order valence-corrected chi connectivity index (χ1v) is 33.0. The van der Waals surface area contributed by atoms with Crippen LogP contribution in [0.1, 0.15) is 323 Å². The maximum atomic E-state index is 13.5. The van der Waals surface area contributed by atoms with E-state index >= 15 is 0 Å². The SMILES string of the molecule is CCCCCCCCCCCC/C=C/C(OC(=O)CCCCCCCCCCCCCCCCCCC)C(COP(=O)([O-])OCC[N+](C)(C)C)NC(=O)CCCCCCCCCCCCCCCCCCC. The van der Waals surface area contributed by atoms with E-state index in [1.165, 1.54) is 231 Å². The largest absolute Gasteiger partial charge is 0.756 e. The molecule has 0 radical (unpaired) electrons. The number of nitrogens with one attached hydrogen (secondary N) is 1. The summed E-state index contributed by atoms with van der Waals surface area (Å²) in [6.45, 7) is 6.90. The van der Waals surface area contributed by atoms with Crippen LogP contribution < -0.4 is 10.2 Å². The quantitative estimate of drug-likeness (QED) is 0.0212. The molecule has 0 saturated heterocycles. The molecule has 0 heterocycles. The minimum atomic E-state index is -4.69. The van der Waals surface area contributed by atoms with Crippen LogP contribution in [0.3, 0.4) is 0 Å². The lowest BCUT2D eigenvalue weighted by atomic mass is 10.0. The van der Waals surface area contributed by atoms with Crippen molar-refractivity contribution in [3.8, 4) is 0 Å². The topological polar surface area (TPSA) is 114 Å². The zero-order valence-electron chi connectivity index (χ0n) is 48.9. The Morgan fingerprint density at radius 2 is 0.792 bits per heavy atom. The molecule has 0 aliphatic carbocycles. The minimum absolute atomic E-state index is 0.0167. The number of hydrogen-bond acceptors (Lipinski definition) is 7. The molecular formula is C62H123N2O7P. The monoisotopic (exact) mass is 1040 g/mol. The summed E-state index contributed by atoms with van der Waals surface area (Å²) in [6, 6.07) is -0.879. The highest BCUT2D eigenvalue weighted by atomic mass is 31.2. The maximum absolute atomic E-state index is 13.5. The number of unbranched alkanes of at least 4 members (excludes halogenated alkanes) is 42. The van der Waals surface area contributed by atoms with Gasteiger partial charge in [0, 0.05) is 12.8 Å². The molecular weight excluding hydrogens is 916 g/mol. The Labute approximate surface area is 448 Å². The fourth-order valence-electron chi connectivity index (χ4n) is 9.58.